The second-order valence-corrected chi connectivity index (χ2v) is 5.01. The van der Waals surface area contributed by atoms with Gasteiger partial charge in [0.05, 0.1) is 19.8 Å². The van der Waals surface area contributed by atoms with Crippen LogP contribution in [0.3, 0.4) is 0 Å². The molecule has 1 heterocycles. The fourth-order valence-corrected chi connectivity index (χ4v) is 2.50. The number of carbonyl (C=O) groups is 1. The van der Waals surface area contributed by atoms with E-state index in [-0.39, 0.29) is 5.92 Å². The Morgan fingerprint density at radius 1 is 1.47 bits per heavy atom. The molecule has 0 bridgehead atoms. The molecule has 1 saturated heterocycles. The molecule has 1 fully saturated rings. The maximum Gasteiger partial charge on any atom is 0.293 e. The summed E-state index contributed by atoms with van der Waals surface area (Å²) in [5.41, 5.74) is 1.30. The lowest BCUT2D eigenvalue weighted by atomic mass is 10.00. The summed E-state index contributed by atoms with van der Waals surface area (Å²) in [6.07, 6.45) is 0. The quantitative estimate of drug-likeness (QED) is 0.732. The first-order valence-electron chi connectivity index (χ1n) is 6.72. The van der Waals surface area contributed by atoms with Gasteiger partial charge in [0.1, 0.15) is 0 Å². The van der Waals surface area contributed by atoms with Gasteiger partial charge < -0.3 is 9.47 Å². The smallest absolute Gasteiger partial charge is 0.293 e. The molecule has 0 spiro atoms. The van der Waals surface area contributed by atoms with Crippen molar-refractivity contribution >= 4 is 6.47 Å². The third-order valence-corrected chi connectivity index (χ3v) is 3.59. The molecular formula is C15H21NO3. The van der Waals surface area contributed by atoms with Crippen LogP contribution in [-0.2, 0) is 20.8 Å². The van der Waals surface area contributed by atoms with Crippen LogP contribution in [0.4, 0.5) is 0 Å². The van der Waals surface area contributed by atoms with Crippen LogP contribution >= 0.6 is 0 Å². The highest BCUT2D eigenvalue weighted by atomic mass is 16.5. The van der Waals surface area contributed by atoms with Crippen LogP contribution in [0.15, 0.2) is 30.3 Å². The Bertz CT molecular complexity index is 382. The maximum absolute atomic E-state index is 10.3. The number of benzene rings is 1. The Kier molecular flexibility index (Phi) is 5.36. The molecule has 104 valence electrons. The fraction of sp³-hybridized carbons (Fsp3) is 0.533. The fourth-order valence-electron chi connectivity index (χ4n) is 2.50. The first-order valence-corrected chi connectivity index (χ1v) is 6.72. The third kappa shape index (κ3) is 4.04. The summed E-state index contributed by atoms with van der Waals surface area (Å²) in [5.74, 6) is 0.272. The summed E-state index contributed by atoms with van der Waals surface area (Å²) >= 11 is 0. The summed E-state index contributed by atoms with van der Waals surface area (Å²) in [4.78, 5) is 12.7. The topological polar surface area (TPSA) is 38.8 Å². The minimum atomic E-state index is 0.272. The van der Waals surface area contributed by atoms with Crippen molar-refractivity contribution in [1.29, 1.82) is 0 Å². The van der Waals surface area contributed by atoms with Gasteiger partial charge in [-0.2, -0.15) is 0 Å². The summed E-state index contributed by atoms with van der Waals surface area (Å²) in [7, 11) is 0. The molecule has 2 atom stereocenters. The van der Waals surface area contributed by atoms with E-state index >= 15 is 0 Å². The SMILES string of the molecule is CC(COC=O)C1COCCN1Cc1ccccc1. The number of hydrogen-bond acceptors (Lipinski definition) is 4. The molecule has 2 unspecified atom stereocenters. The summed E-state index contributed by atoms with van der Waals surface area (Å²) < 4.78 is 10.4. The highest BCUT2D eigenvalue weighted by Gasteiger charge is 2.28. The average molecular weight is 263 g/mol. The zero-order chi connectivity index (χ0) is 13.5. The van der Waals surface area contributed by atoms with E-state index in [0.717, 1.165) is 19.7 Å². The number of hydrogen-bond donors (Lipinski definition) is 0. The van der Waals surface area contributed by atoms with Crippen molar-refractivity contribution in [3.8, 4) is 0 Å². The molecule has 1 aromatic rings. The molecule has 0 aliphatic carbocycles. The molecule has 0 aromatic heterocycles. The number of rotatable bonds is 6. The standard InChI is InChI=1S/C15H21NO3/c1-13(10-19-12-17)15-11-18-8-7-16(15)9-14-5-3-2-4-6-14/h2-6,12-13,15H,7-11H2,1H3. The third-order valence-electron chi connectivity index (χ3n) is 3.59. The van der Waals surface area contributed by atoms with Crippen LogP contribution in [0, 0.1) is 5.92 Å². The number of ether oxygens (including phenoxy) is 2. The molecule has 2 rings (SSSR count). The molecule has 1 aromatic carbocycles. The number of nitrogens with zero attached hydrogens (tertiary/aromatic N) is 1. The van der Waals surface area contributed by atoms with Crippen molar-refractivity contribution in [1.82, 2.24) is 4.90 Å². The minimum Gasteiger partial charge on any atom is -0.468 e. The van der Waals surface area contributed by atoms with E-state index in [1.807, 2.05) is 6.07 Å². The monoisotopic (exact) mass is 263 g/mol. The van der Waals surface area contributed by atoms with Gasteiger partial charge in [-0.15, -0.1) is 0 Å². The van der Waals surface area contributed by atoms with Crippen LogP contribution < -0.4 is 0 Å². The van der Waals surface area contributed by atoms with E-state index in [1.54, 1.807) is 0 Å². The zero-order valence-electron chi connectivity index (χ0n) is 11.3. The van der Waals surface area contributed by atoms with E-state index < -0.39 is 0 Å². The van der Waals surface area contributed by atoms with Crippen LogP contribution in [0.1, 0.15) is 12.5 Å². The van der Waals surface area contributed by atoms with Crippen LogP contribution in [-0.4, -0.2) is 43.8 Å². The molecular weight excluding hydrogens is 242 g/mol. The van der Waals surface area contributed by atoms with E-state index in [1.165, 1.54) is 5.56 Å². The largest absolute Gasteiger partial charge is 0.468 e. The van der Waals surface area contributed by atoms with Crippen molar-refractivity contribution in [2.24, 2.45) is 5.92 Å². The minimum absolute atomic E-state index is 0.272. The van der Waals surface area contributed by atoms with Gasteiger partial charge in [0.15, 0.2) is 0 Å². The number of morpholine rings is 1. The molecule has 4 nitrogen and oxygen atoms in total. The lowest BCUT2D eigenvalue weighted by Crippen LogP contribution is -2.49. The van der Waals surface area contributed by atoms with Gasteiger partial charge in [-0.05, 0) is 5.56 Å². The average Bonchev–Trinajstić information content (AvgIpc) is 2.46. The molecule has 0 saturated carbocycles. The van der Waals surface area contributed by atoms with Crippen LogP contribution in [0.5, 0.6) is 0 Å². The Hall–Kier alpha value is -1.39. The van der Waals surface area contributed by atoms with Crippen molar-refractivity contribution in [3.05, 3.63) is 35.9 Å². The molecule has 0 N–H and O–H groups in total. The second-order valence-electron chi connectivity index (χ2n) is 5.01. The van der Waals surface area contributed by atoms with Gasteiger partial charge in [-0.3, -0.25) is 9.69 Å². The van der Waals surface area contributed by atoms with Gasteiger partial charge >= 0.3 is 0 Å². The predicted molar refractivity (Wildman–Crippen MR) is 72.6 cm³/mol. The van der Waals surface area contributed by atoms with E-state index in [2.05, 4.69) is 36.1 Å². The van der Waals surface area contributed by atoms with Crippen molar-refractivity contribution in [2.75, 3.05) is 26.4 Å². The van der Waals surface area contributed by atoms with Gasteiger partial charge in [-0.25, -0.2) is 0 Å². The van der Waals surface area contributed by atoms with E-state index in [4.69, 9.17) is 9.47 Å². The van der Waals surface area contributed by atoms with E-state index in [0.29, 0.717) is 25.7 Å². The Morgan fingerprint density at radius 2 is 2.26 bits per heavy atom. The first-order chi connectivity index (χ1) is 9.31. The molecule has 19 heavy (non-hydrogen) atoms. The summed E-state index contributed by atoms with van der Waals surface area (Å²) in [5, 5.41) is 0. The summed E-state index contributed by atoms with van der Waals surface area (Å²) in [6.45, 7) is 6.37. The van der Waals surface area contributed by atoms with Gasteiger partial charge in [-0.1, -0.05) is 37.3 Å². The van der Waals surface area contributed by atoms with Crippen molar-refractivity contribution < 1.29 is 14.3 Å². The first kappa shape index (κ1) is 14.0. The van der Waals surface area contributed by atoms with Gasteiger partial charge in [0, 0.05) is 25.0 Å². The van der Waals surface area contributed by atoms with Gasteiger partial charge in [0.25, 0.3) is 6.47 Å². The lowest BCUT2D eigenvalue weighted by molar-refractivity contribution is -0.131. The summed E-state index contributed by atoms with van der Waals surface area (Å²) in [6, 6.07) is 10.7. The molecule has 1 aliphatic heterocycles. The normalized spacial score (nSPS) is 21.8. The van der Waals surface area contributed by atoms with Crippen molar-refractivity contribution in [3.63, 3.8) is 0 Å². The Morgan fingerprint density at radius 3 is 3.00 bits per heavy atom. The maximum atomic E-state index is 10.3. The highest BCUT2D eigenvalue weighted by Crippen LogP contribution is 2.18. The lowest BCUT2D eigenvalue weighted by Gasteiger charge is -2.38. The Labute approximate surface area is 114 Å². The zero-order valence-corrected chi connectivity index (χ0v) is 11.3. The van der Waals surface area contributed by atoms with Crippen LogP contribution in [0.25, 0.3) is 0 Å². The Balaban J connectivity index is 1.97. The molecule has 4 heteroatoms. The second kappa shape index (κ2) is 7.26. The molecule has 0 amide bonds. The number of carbonyl (C=O) groups excluding carboxylic acids is 1. The van der Waals surface area contributed by atoms with Crippen molar-refractivity contribution in [2.45, 2.75) is 19.5 Å². The highest BCUT2D eigenvalue weighted by molar-refractivity contribution is 5.36. The molecule has 1 aliphatic rings. The van der Waals surface area contributed by atoms with Gasteiger partial charge in [0.2, 0.25) is 0 Å². The van der Waals surface area contributed by atoms with Crippen LogP contribution in [0.2, 0.25) is 0 Å². The molecule has 0 radical (unpaired) electrons. The predicted octanol–water partition coefficient (Wildman–Crippen LogP) is 1.70. The van der Waals surface area contributed by atoms with E-state index in [9.17, 15) is 4.79 Å².